The predicted molar refractivity (Wildman–Crippen MR) is 120 cm³/mol. The number of amides is 2. The van der Waals surface area contributed by atoms with E-state index in [1.54, 1.807) is 12.1 Å². The highest BCUT2D eigenvalue weighted by molar-refractivity contribution is 7.99. The van der Waals surface area contributed by atoms with E-state index in [0.29, 0.717) is 16.0 Å². The number of hydrogen-bond donors (Lipinski definition) is 2. The fourth-order valence-corrected chi connectivity index (χ4v) is 3.71. The van der Waals surface area contributed by atoms with E-state index in [4.69, 9.17) is 11.6 Å². The van der Waals surface area contributed by atoms with Gasteiger partial charge >= 0.3 is 0 Å². The average Bonchev–Trinajstić information content (AvgIpc) is 3.09. The number of thioether (sulfide) groups is 1. The lowest BCUT2D eigenvalue weighted by molar-refractivity contribution is -0.122. The Bertz CT molecular complexity index is 1050. The molecular weight excluding hydrogens is 422 g/mol. The lowest BCUT2D eigenvalue weighted by Crippen LogP contribution is -2.34. The summed E-state index contributed by atoms with van der Waals surface area (Å²) in [4.78, 5) is 24.3. The summed E-state index contributed by atoms with van der Waals surface area (Å²) in [5.74, 6) is 0.285. The van der Waals surface area contributed by atoms with Gasteiger partial charge in [-0.25, -0.2) is 0 Å². The fraction of sp³-hybridized carbons (Fsp3) is 0.238. The van der Waals surface area contributed by atoms with Crippen molar-refractivity contribution in [3.05, 3.63) is 58.6 Å². The molecule has 0 fully saturated rings. The van der Waals surface area contributed by atoms with Gasteiger partial charge in [0, 0.05) is 23.3 Å². The number of nitrogens with zero attached hydrogens (tertiary/aromatic N) is 3. The first-order valence-corrected chi connectivity index (χ1v) is 10.6. The standard InChI is InChI=1S/C21H22ClN5O2S/c1-13-5-4-6-14(2)19(13)24-17(28)11-23-18(29)12-30-21-26-25-20(27(21)3)15-7-9-16(22)10-8-15/h4-10H,11-12H2,1-3H3,(H,23,29)(H,24,28). The monoisotopic (exact) mass is 443 g/mol. The molecule has 0 saturated heterocycles. The molecule has 0 aliphatic heterocycles. The van der Waals surface area contributed by atoms with Crippen molar-refractivity contribution in [3.63, 3.8) is 0 Å². The topological polar surface area (TPSA) is 88.9 Å². The second kappa shape index (κ2) is 9.77. The van der Waals surface area contributed by atoms with Crippen LogP contribution in [0.15, 0.2) is 47.6 Å². The minimum Gasteiger partial charge on any atom is -0.346 e. The lowest BCUT2D eigenvalue weighted by atomic mass is 10.1. The summed E-state index contributed by atoms with van der Waals surface area (Å²) < 4.78 is 1.81. The first-order valence-electron chi connectivity index (χ1n) is 9.26. The minimum atomic E-state index is -0.269. The Hall–Kier alpha value is -2.84. The quantitative estimate of drug-likeness (QED) is 0.544. The summed E-state index contributed by atoms with van der Waals surface area (Å²) in [5.41, 5.74) is 3.61. The molecule has 1 aromatic heterocycles. The number of aryl methyl sites for hydroxylation is 2. The van der Waals surface area contributed by atoms with Crippen LogP contribution in [0.5, 0.6) is 0 Å². The summed E-state index contributed by atoms with van der Waals surface area (Å²) in [7, 11) is 1.84. The third-order valence-corrected chi connectivity index (χ3v) is 5.73. The Morgan fingerprint density at radius 3 is 2.37 bits per heavy atom. The first kappa shape index (κ1) is 21.9. The molecule has 2 aromatic carbocycles. The number of para-hydroxylation sites is 1. The molecule has 3 aromatic rings. The van der Waals surface area contributed by atoms with Crippen molar-refractivity contribution in [2.75, 3.05) is 17.6 Å². The zero-order valence-corrected chi connectivity index (χ0v) is 18.5. The van der Waals surface area contributed by atoms with E-state index in [0.717, 1.165) is 22.4 Å². The number of benzene rings is 2. The summed E-state index contributed by atoms with van der Waals surface area (Å²) >= 11 is 7.18. The SMILES string of the molecule is Cc1cccc(C)c1NC(=O)CNC(=O)CSc1nnc(-c2ccc(Cl)cc2)n1C. The van der Waals surface area contributed by atoms with Crippen molar-refractivity contribution in [1.29, 1.82) is 0 Å². The summed E-state index contributed by atoms with van der Waals surface area (Å²) in [6.07, 6.45) is 0. The molecule has 156 valence electrons. The number of halogens is 1. The van der Waals surface area contributed by atoms with Crippen molar-refractivity contribution in [1.82, 2.24) is 20.1 Å². The summed E-state index contributed by atoms with van der Waals surface area (Å²) in [6, 6.07) is 13.1. The van der Waals surface area contributed by atoms with Crippen LogP contribution in [0.2, 0.25) is 5.02 Å². The molecule has 1 heterocycles. The molecule has 7 nitrogen and oxygen atoms in total. The van der Waals surface area contributed by atoms with Gasteiger partial charge in [-0.1, -0.05) is 41.6 Å². The zero-order valence-electron chi connectivity index (χ0n) is 16.9. The molecule has 0 radical (unpaired) electrons. The summed E-state index contributed by atoms with van der Waals surface area (Å²) in [6.45, 7) is 3.76. The minimum absolute atomic E-state index is 0.0952. The molecule has 2 N–H and O–H groups in total. The molecule has 0 atom stereocenters. The molecule has 9 heteroatoms. The van der Waals surface area contributed by atoms with Gasteiger partial charge in [0.2, 0.25) is 11.8 Å². The highest BCUT2D eigenvalue weighted by atomic mass is 35.5. The van der Waals surface area contributed by atoms with Crippen LogP contribution >= 0.6 is 23.4 Å². The maximum Gasteiger partial charge on any atom is 0.243 e. The van der Waals surface area contributed by atoms with Gasteiger partial charge in [-0.15, -0.1) is 10.2 Å². The highest BCUT2D eigenvalue weighted by Gasteiger charge is 2.14. The van der Waals surface area contributed by atoms with E-state index in [1.807, 2.05) is 55.8 Å². The van der Waals surface area contributed by atoms with Gasteiger partial charge in [0.25, 0.3) is 0 Å². The van der Waals surface area contributed by atoms with Crippen molar-refractivity contribution >= 4 is 40.9 Å². The Labute approximate surface area is 184 Å². The van der Waals surface area contributed by atoms with Gasteiger partial charge in [0.05, 0.1) is 12.3 Å². The van der Waals surface area contributed by atoms with Gasteiger partial charge in [-0.3, -0.25) is 9.59 Å². The van der Waals surface area contributed by atoms with Crippen molar-refractivity contribution < 1.29 is 9.59 Å². The predicted octanol–water partition coefficient (Wildman–Crippen LogP) is 3.60. The van der Waals surface area contributed by atoms with Gasteiger partial charge < -0.3 is 15.2 Å². The Kier molecular flexibility index (Phi) is 7.12. The Morgan fingerprint density at radius 2 is 1.70 bits per heavy atom. The molecule has 0 saturated carbocycles. The molecule has 30 heavy (non-hydrogen) atoms. The number of rotatable bonds is 7. The van der Waals surface area contributed by atoms with Crippen LogP contribution in [-0.2, 0) is 16.6 Å². The van der Waals surface area contributed by atoms with Crippen LogP contribution in [0.25, 0.3) is 11.4 Å². The molecule has 0 bridgehead atoms. The largest absolute Gasteiger partial charge is 0.346 e. The van der Waals surface area contributed by atoms with E-state index >= 15 is 0 Å². The third-order valence-electron chi connectivity index (χ3n) is 4.46. The number of carbonyl (C=O) groups is 2. The van der Waals surface area contributed by atoms with Crippen LogP contribution < -0.4 is 10.6 Å². The molecule has 2 amide bonds. The second-order valence-corrected chi connectivity index (χ2v) is 8.13. The van der Waals surface area contributed by atoms with Gasteiger partial charge in [-0.2, -0.15) is 0 Å². The normalized spacial score (nSPS) is 10.7. The molecular formula is C21H22ClN5O2S. The van der Waals surface area contributed by atoms with Crippen molar-refractivity contribution in [2.24, 2.45) is 7.05 Å². The highest BCUT2D eigenvalue weighted by Crippen LogP contribution is 2.24. The van der Waals surface area contributed by atoms with Gasteiger partial charge in [0.15, 0.2) is 11.0 Å². The van der Waals surface area contributed by atoms with Crippen LogP contribution in [0, 0.1) is 13.8 Å². The van der Waals surface area contributed by atoms with Crippen LogP contribution in [0.3, 0.4) is 0 Å². The van der Waals surface area contributed by atoms with Crippen molar-refractivity contribution in [2.45, 2.75) is 19.0 Å². The molecule has 0 unspecified atom stereocenters. The van der Waals surface area contributed by atoms with E-state index in [9.17, 15) is 9.59 Å². The van der Waals surface area contributed by atoms with Crippen LogP contribution in [-0.4, -0.2) is 38.9 Å². The maximum absolute atomic E-state index is 12.2. The zero-order chi connectivity index (χ0) is 21.7. The van der Waals surface area contributed by atoms with Crippen LogP contribution in [0.1, 0.15) is 11.1 Å². The second-order valence-electron chi connectivity index (χ2n) is 6.75. The van der Waals surface area contributed by atoms with Gasteiger partial charge in [0.1, 0.15) is 0 Å². The van der Waals surface area contributed by atoms with Gasteiger partial charge in [-0.05, 0) is 49.2 Å². The van der Waals surface area contributed by atoms with Crippen LogP contribution in [0.4, 0.5) is 5.69 Å². The third kappa shape index (κ3) is 5.40. The Morgan fingerprint density at radius 1 is 1.03 bits per heavy atom. The van der Waals surface area contributed by atoms with E-state index in [2.05, 4.69) is 20.8 Å². The van der Waals surface area contributed by atoms with E-state index < -0.39 is 0 Å². The maximum atomic E-state index is 12.2. The fourth-order valence-electron chi connectivity index (χ4n) is 2.85. The lowest BCUT2D eigenvalue weighted by Gasteiger charge is -2.11. The average molecular weight is 444 g/mol. The number of hydrogen-bond acceptors (Lipinski definition) is 5. The van der Waals surface area contributed by atoms with E-state index in [1.165, 1.54) is 11.8 Å². The van der Waals surface area contributed by atoms with Crippen molar-refractivity contribution in [3.8, 4) is 11.4 Å². The number of anilines is 1. The Balaban J connectivity index is 1.50. The number of aromatic nitrogens is 3. The molecule has 0 aliphatic carbocycles. The summed E-state index contributed by atoms with van der Waals surface area (Å²) in [5, 5.41) is 15.1. The smallest absolute Gasteiger partial charge is 0.243 e. The molecule has 3 rings (SSSR count). The van der Waals surface area contributed by atoms with E-state index in [-0.39, 0.29) is 24.1 Å². The first-order chi connectivity index (χ1) is 14.3. The number of carbonyl (C=O) groups excluding carboxylic acids is 2. The molecule has 0 aliphatic rings. The molecule has 0 spiro atoms. The number of nitrogens with one attached hydrogen (secondary N) is 2.